The lowest BCUT2D eigenvalue weighted by atomic mass is 10.0. The smallest absolute Gasteiger partial charge is 0.166 e. The normalized spacial score (nSPS) is 16.5. The van der Waals surface area contributed by atoms with Gasteiger partial charge in [0.1, 0.15) is 6.23 Å². The van der Waals surface area contributed by atoms with Crippen molar-refractivity contribution in [1.29, 1.82) is 0 Å². The summed E-state index contributed by atoms with van der Waals surface area (Å²) in [7, 11) is 1.41. The maximum Gasteiger partial charge on any atom is 0.166 e. The molecule has 0 saturated heterocycles. The average Bonchev–Trinajstić information content (AvgIpc) is 2.44. The molecule has 6 nitrogen and oxygen atoms in total. The Labute approximate surface area is 135 Å². The summed E-state index contributed by atoms with van der Waals surface area (Å²) >= 11 is 0. The number of nitrogens with one attached hydrogen (secondary N) is 1. The molecule has 6 heteroatoms. The molecule has 22 heavy (non-hydrogen) atoms. The van der Waals surface area contributed by atoms with Crippen LogP contribution in [0.25, 0.3) is 0 Å². The number of unbranched alkanes of at least 4 members (excludes halogenated alkanes) is 1. The van der Waals surface area contributed by atoms with Crippen LogP contribution in [0.3, 0.4) is 0 Å². The topological polar surface area (TPSA) is 80.2 Å². The van der Waals surface area contributed by atoms with Gasteiger partial charge in [-0.15, -0.1) is 0 Å². The van der Waals surface area contributed by atoms with E-state index >= 15 is 0 Å². The molecule has 0 rings (SSSR count). The second kappa shape index (κ2) is 12.2. The lowest BCUT2D eigenvalue weighted by molar-refractivity contribution is -0.0884. The van der Waals surface area contributed by atoms with Crippen molar-refractivity contribution in [2.75, 3.05) is 26.9 Å². The third kappa shape index (κ3) is 12.3. The standard InChI is InChI=1S/C16H35NO5/c1-6-21-13(2)9-7-8-10-22-16(3,4)11-14(18)17-12-15(19)20-5/h13-15,17-19H,6-12H2,1-5H3. The second-order valence-electron chi connectivity index (χ2n) is 6.19. The lowest BCUT2D eigenvalue weighted by Crippen LogP contribution is -2.41. The predicted molar refractivity (Wildman–Crippen MR) is 86.6 cm³/mol. The van der Waals surface area contributed by atoms with Crippen molar-refractivity contribution in [3.63, 3.8) is 0 Å². The first-order valence-corrected chi connectivity index (χ1v) is 8.18. The zero-order valence-electron chi connectivity index (χ0n) is 14.8. The third-order valence-corrected chi connectivity index (χ3v) is 3.43. The summed E-state index contributed by atoms with van der Waals surface area (Å²) in [6, 6.07) is 0. The van der Waals surface area contributed by atoms with E-state index in [1.807, 2.05) is 20.8 Å². The van der Waals surface area contributed by atoms with Gasteiger partial charge in [-0.3, -0.25) is 5.32 Å². The lowest BCUT2D eigenvalue weighted by Gasteiger charge is -2.28. The minimum absolute atomic E-state index is 0.184. The van der Waals surface area contributed by atoms with E-state index in [0.29, 0.717) is 19.1 Å². The van der Waals surface area contributed by atoms with E-state index < -0.39 is 18.1 Å². The average molecular weight is 321 g/mol. The number of hydrogen-bond donors (Lipinski definition) is 3. The highest BCUT2D eigenvalue weighted by Gasteiger charge is 2.23. The fourth-order valence-electron chi connectivity index (χ4n) is 2.17. The minimum atomic E-state index is -0.911. The highest BCUT2D eigenvalue weighted by molar-refractivity contribution is 4.73. The summed E-state index contributed by atoms with van der Waals surface area (Å²) in [5.41, 5.74) is -0.421. The summed E-state index contributed by atoms with van der Waals surface area (Å²) < 4.78 is 16.0. The molecular formula is C16H35NO5. The molecule has 0 aliphatic rings. The quantitative estimate of drug-likeness (QED) is 0.333. The second-order valence-corrected chi connectivity index (χ2v) is 6.19. The summed E-state index contributed by atoms with van der Waals surface area (Å²) in [6.07, 6.45) is 2.18. The first-order chi connectivity index (χ1) is 10.3. The largest absolute Gasteiger partial charge is 0.379 e. The first-order valence-electron chi connectivity index (χ1n) is 8.18. The zero-order chi connectivity index (χ0) is 17.0. The van der Waals surface area contributed by atoms with Crippen molar-refractivity contribution in [2.24, 2.45) is 0 Å². The van der Waals surface area contributed by atoms with Crippen LogP contribution in [0, 0.1) is 0 Å². The number of methoxy groups -OCH3 is 1. The summed E-state index contributed by atoms with van der Waals surface area (Å²) in [5.74, 6) is 0. The van der Waals surface area contributed by atoms with Gasteiger partial charge >= 0.3 is 0 Å². The van der Waals surface area contributed by atoms with Crippen LogP contribution in [0.5, 0.6) is 0 Å². The van der Waals surface area contributed by atoms with Crippen molar-refractivity contribution < 1.29 is 24.4 Å². The van der Waals surface area contributed by atoms with E-state index in [9.17, 15) is 10.2 Å². The maximum absolute atomic E-state index is 9.89. The van der Waals surface area contributed by atoms with Gasteiger partial charge in [0.15, 0.2) is 6.29 Å². The van der Waals surface area contributed by atoms with Gasteiger partial charge in [-0.05, 0) is 47.0 Å². The van der Waals surface area contributed by atoms with Crippen molar-refractivity contribution in [3.05, 3.63) is 0 Å². The number of hydrogen-bond acceptors (Lipinski definition) is 6. The van der Waals surface area contributed by atoms with Gasteiger partial charge in [-0.1, -0.05) is 0 Å². The van der Waals surface area contributed by atoms with Gasteiger partial charge in [0.05, 0.1) is 11.7 Å². The van der Waals surface area contributed by atoms with Crippen LogP contribution in [-0.2, 0) is 14.2 Å². The van der Waals surface area contributed by atoms with E-state index in [0.717, 1.165) is 25.9 Å². The number of aliphatic hydroxyl groups excluding tert-OH is 2. The molecule has 3 N–H and O–H groups in total. The minimum Gasteiger partial charge on any atom is -0.379 e. The summed E-state index contributed by atoms with van der Waals surface area (Å²) in [5, 5.41) is 21.9. The molecule has 0 radical (unpaired) electrons. The fraction of sp³-hybridized carbons (Fsp3) is 1.00. The van der Waals surface area contributed by atoms with E-state index in [1.165, 1.54) is 7.11 Å². The van der Waals surface area contributed by atoms with Gasteiger partial charge in [-0.25, -0.2) is 0 Å². The highest BCUT2D eigenvalue weighted by Crippen LogP contribution is 2.17. The third-order valence-electron chi connectivity index (χ3n) is 3.43. The van der Waals surface area contributed by atoms with Gasteiger partial charge in [0.25, 0.3) is 0 Å². The van der Waals surface area contributed by atoms with Gasteiger partial charge in [0.2, 0.25) is 0 Å². The fourth-order valence-corrected chi connectivity index (χ4v) is 2.17. The van der Waals surface area contributed by atoms with Crippen molar-refractivity contribution >= 4 is 0 Å². The van der Waals surface area contributed by atoms with Crippen molar-refractivity contribution in [1.82, 2.24) is 5.32 Å². The molecule has 0 aromatic rings. The Balaban J connectivity index is 3.75. The number of ether oxygens (including phenoxy) is 3. The Hall–Kier alpha value is -0.240. The van der Waals surface area contributed by atoms with E-state index in [2.05, 4.69) is 12.2 Å². The van der Waals surface area contributed by atoms with Crippen LogP contribution < -0.4 is 5.32 Å². The predicted octanol–water partition coefficient (Wildman–Crippen LogP) is 1.64. The Bertz CT molecular complexity index is 263. The van der Waals surface area contributed by atoms with Crippen LogP contribution in [0.4, 0.5) is 0 Å². The zero-order valence-corrected chi connectivity index (χ0v) is 14.8. The Morgan fingerprint density at radius 3 is 2.45 bits per heavy atom. The van der Waals surface area contributed by atoms with Gasteiger partial charge in [-0.2, -0.15) is 0 Å². The molecular weight excluding hydrogens is 286 g/mol. The molecule has 0 aromatic heterocycles. The van der Waals surface area contributed by atoms with Gasteiger partial charge in [0, 0.05) is 33.3 Å². The molecule has 0 aromatic carbocycles. The van der Waals surface area contributed by atoms with Crippen molar-refractivity contribution in [3.8, 4) is 0 Å². The molecule has 0 bridgehead atoms. The Morgan fingerprint density at radius 1 is 1.18 bits per heavy atom. The Morgan fingerprint density at radius 2 is 1.86 bits per heavy atom. The summed E-state index contributed by atoms with van der Waals surface area (Å²) in [4.78, 5) is 0. The number of rotatable bonds is 14. The molecule has 0 aliphatic heterocycles. The molecule has 3 unspecified atom stereocenters. The Kier molecular flexibility index (Phi) is 12.1. The van der Waals surface area contributed by atoms with Crippen LogP contribution in [0.15, 0.2) is 0 Å². The first kappa shape index (κ1) is 21.8. The van der Waals surface area contributed by atoms with E-state index in [4.69, 9.17) is 14.2 Å². The monoisotopic (exact) mass is 321 g/mol. The molecule has 0 spiro atoms. The molecule has 0 heterocycles. The van der Waals surface area contributed by atoms with E-state index in [1.54, 1.807) is 0 Å². The SMILES string of the molecule is CCOC(C)CCCCOC(C)(C)CC(O)NCC(O)OC. The van der Waals surface area contributed by atoms with Crippen LogP contribution >= 0.6 is 0 Å². The van der Waals surface area contributed by atoms with Gasteiger partial charge < -0.3 is 24.4 Å². The van der Waals surface area contributed by atoms with Crippen molar-refractivity contribution in [2.45, 2.75) is 77.6 Å². The van der Waals surface area contributed by atoms with E-state index in [-0.39, 0.29) is 6.54 Å². The molecule has 0 aliphatic carbocycles. The molecule has 134 valence electrons. The van der Waals surface area contributed by atoms with Crippen LogP contribution in [-0.4, -0.2) is 61.3 Å². The molecule has 3 atom stereocenters. The molecule has 0 fully saturated rings. The molecule has 0 saturated carbocycles. The maximum atomic E-state index is 9.89. The van der Waals surface area contributed by atoms with Crippen LogP contribution in [0.1, 0.15) is 53.4 Å². The highest BCUT2D eigenvalue weighted by atomic mass is 16.6. The summed E-state index contributed by atoms with van der Waals surface area (Å²) in [6.45, 7) is 9.61. The number of aliphatic hydroxyl groups is 2. The molecule has 0 amide bonds. The van der Waals surface area contributed by atoms with Crippen LogP contribution in [0.2, 0.25) is 0 Å².